The third-order valence-electron chi connectivity index (χ3n) is 3.82. The van der Waals surface area contributed by atoms with Crippen molar-refractivity contribution in [1.82, 2.24) is 15.6 Å². The first-order valence-electron chi connectivity index (χ1n) is 8.41. The second-order valence-electron chi connectivity index (χ2n) is 5.68. The molecule has 3 aromatic rings. The molecule has 0 spiro atoms. The van der Waals surface area contributed by atoms with Crippen molar-refractivity contribution < 1.29 is 4.74 Å². The number of nitrogens with one attached hydrogen (secondary N) is 2. The van der Waals surface area contributed by atoms with Gasteiger partial charge in [-0.1, -0.05) is 34.1 Å². The molecule has 0 saturated heterocycles. The van der Waals surface area contributed by atoms with Gasteiger partial charge in [0.25, 0.3) is 0 Å². The largest absolute Gasteiger partial charge is 0.492 e. The Hall–Kier alpha value is -2.60. The van der Waals surface area contributed by atoms with Crippen LogP contribution in [-0.4, -0.2) is 31.1 Å². The van der Waals surface area contributed by atoms with E-state index < -0.39 is 0 Å². The third kappa shape index (κ3) is 5.20. The Balaban J connectivity index is 1.44. The first-order valence-corrected chi connectivity index (χ1v) is 9.20. The molecule has 0 amide bonds. The summed E-state index contributed by atoms with van der Waals surface area (Å²) < 4.78 is 6.91. The number of pyridine rings is 1. The van der Waals surface area contributed by atoms with Crippen molar-refractivity contribution in [3.05, 3.63) is 71.0 Å². The lowest BCUT2D eigenvalue weighted by Gasteiger charge is -2.12. The number of guanidine groups is 1. The fourth-order valence-corrected chi connectivity index (χ4v) is 2.90. The summed E-state index contributed by atoms with van der Waals surface area (Å²) in [5.74, 6) is 1.58. The molecule has 2 aromatic carbocycles. The number of rotatable bonds is 6. The zero-order chi connectivity index (χ0) is 18.2. The maximum atomic E-state index is 5.83. The van der Waals surface area contributed by atoms with Crippen LogP contribution in [0.3, 0.4) is 0 Å². The molecule has 2 N–H and O–H groups in total. The number of nitrogens with zero attached hydrogens (tertiary/aromatic N) is 2. The Morgan fingerprint density at radius 3 is 2.73 bits per heavy atom. The minimum Gasteiger partial charge on any atom is -0.492 e. The summed E-state index contributed by atoms with van der Waals surface area (Å²) in [5.41, 5.74) is 0.967. The molecule has 0 bridgehead atoms. The molecule has 3 rings (SSSR count). The lowest BCUT2D eigenvalue weighted by atomic mass is 10.1. The van der Waals surface area contributed by atoms with Gasteiger partial charge in [-0.25, -0.2) is 0 Å². The molecule has 0 aliphatic rings. The number of hydrogen-bond acceptors (Lipinski definition) is 3. The zero-order valence-corrected chi connectivity index (χ0v) is 16.2. The Morgan fingerprint density at radius 1 is 1.08 bits per heavy atom. The van der Waals surface area contributed by atoms with Gasteiger partial charge in [0, 0.05) is 17.7 Å². The maximum absolute atomic E-state index is 5.83. The second kappa shape index (κ2) is 9.20. The predicted molar refractivity (Wildman–Crippen MR) is 110 cm³/mol. The van der Waals surface area contributed by atoms with Gasteiger partial charge < -0.3 is 15.4 Å². The Bertz CT molecular complexity index is 883. The van der Waals surface area contributed by atoms with Crippen molar-refractivity contribution in [1.29, 1.82) is 0 Å². The molecule has 5 nitrogen and oxygen atoms in total. The van der Waals surface area contributed by atoms with Crippen LogP contribution in [0.4, 0.5) is 0 Å². The van der Waals surface area contributed by atoms with Gasteiger partial charge in [-0.15, -0.1) is 0 Å². The number of aromatic nitrogens is 1. The third-order valence-corrected chi connectivity index (χ3v) is 4.32. The van der Waals surface area contributed by atoms with Crippen LogP contribution in [0.15, 0.2) is 70.3 Å². The molecule has 0 unspecified atom stereocenters. The molecule has 0 aliphatic heterocycles. The summed E-state index contributed by atoms with van der Waals surface area (Å²) >= 11 is 3.49. The van der Waals surface area contributed by atoms with Crippen LogP contribution in [0.5, 0.6) is 5.75 Å². The first kappa shape index (κ1) is 18.2. The quantitative estimate of drug-likeness (QED) is 0.367. The van der Waals surface area contributed by atoms with E-state index >= 15 is 0 Å². The summed E-state index contributed by atoms with van der Waals surface area (Å²) in [6, 6.07) is 18.2. The molecular formula is C20H21BrN4O. The lowest BCUT2D eigenvalue weighted by Crippen LogP contribution is -2.39. The molecule has 0 fully saturated rings. The molecule has 26 heavy (non-hydrogen) atoms. The predicted octanol–water partition coefficient (Wildman–Crippen LogP) is 3.74. The number of halogens is 1. The molecular weight excluding hydrogens is 392 g/mol. The summed E-state index contributed by atoms with van der Waals surface area (Å²) in [4.78, 5) is 8.48. The molecule has 6 heteroatoms. The molecule has 1 heterocycles. The lowest BCUT2D eigenvalue weighted by molar-refractivity contribution is 0.322. The van der Waals surface area contributed by atoms with Crippen molar-refractivity contribution in [2.75, 3.05) is 20.2 Å². The van der Waals surface area contributed by atoms with Crippen LogP contribution in [0.1, 0.15) is 5.69 Å². The van der Waals surface area contributed by atoms with Gasteiger partial charge in [0.05, 0.1) is 18.8 Å². The summed E-state index contributed by atoms with van der Waals surface area (Å²) in [7, 11) is 1.75. The SMILES string of the molecule is CN=C(NCCOc1ccc2cc(Br)ccc2c1)NCc1ccccn1. The highest BCUT2D eigenvalue weighted by molar-refractivity contribution is 9.10. The van der Waals surface area contributed by atoms with Gasteiger partial charge in [0.2, 0.25) is 0 Å². The highest BCUT2D eigenvalue weighted by Crippen LogP contribution is 2.23. The van der Waals surface area contributed by atoms with E-state index in [1.54, 1.807) is 13.2 Å². The Labute approximate surface area is 161 Å². The van der Waals surface area contributed by atoms with Crippen molar-refractivity contribution in [2.45, 2.75) is 6.54 Å². The van der Waals surface area contributed by atoms with E-state index in [9.17, 15) is 0 Å². The monoisotopic (exact) mass is 412 g/mol. The number of benzene rings is 2. The van der Waals surface area contributed by atoms with Crippen LogP contribution < -0.4 is 15.4 Å². The van der Waals surface area contributed by atoms with Crippen molar-refractivity contribution in [3.8, 4) is 5.75 Å². The minimum atomic E-state index is 0.548. The van der Waals surface area contributed by atoms with Crippen molar-refractivity contribution in [2.24, 2.45) is 4.99 Å². The molecule has 1 aromatic heterocycles. The topological polar surface area (TPSA) is 58.5 Å². The average molecular weight is 413 g/mol. The highest BCUT2D eigenvalue weighted by atomic mass is 79.9. The fourth-order valence-electron chi connectivity index (χ4n) is 2.52. The molecule has 0 saturated carbocycles. The van der Waals surface area contributed by atoms with Crippen LogP contribution >= 0.6 is 15.9 Å². The van der Waals surface area contributed by atoms with Gasteiger partial charge in [-0.05, 0) is 47.2 Å². The highest BCUT2D eigenvalue weighted by Gasteiger charge is 2.01. The van der Waals surface area contributed by atoms with E-state index in [4.69, 9.17) is 4.74 Å². The number of hydrogen-bond donors (Lipinski definition) is 2. The van der Waals surface area contributed by atoms with Crippen molar-refractivity contribution >= 4 is 32.7 Å². The normalized spacial score (nSPS) is 11.4. The maximum Gasteiger partial charge on any atom is 0.191 e. The van der Waals surface area contributed by atoms with Gasteiger partial charge in [-0.3, -0.25) is 9.98 Å². The summed E-state index contributed by atoms with van der Waals surface area (Å²) in [6.45, 7) is 1.83. The van der Waals surface area contributed by atoms with E-state index in [0.717, 1.165) is 27.3 Å². The molecule has 0 aliphatic carbocycles. The standard InChI is InChI=1S/C20H21BrN4O/c1-22-20(25-14-18-4-2-3-9-23-18)24-10-11-26-19-8-6-15-12-17(21)7-5-16(15)13-19/h2-9,12-13H,10-11,14H2,1H3,(H2,22,24,25). The zero-order valence-electron chi connectivity index (χ0n) is 14.6. The first-order chi connectivity index (χ1) is 12.7. The Morgan fingerprint density at radius 2 is 1.92 bits per heavy atom. The molecule has 134 valence electrons. The van der Waals surface area contributed by atoms with E-state index in [2.05, 4.69) is 60.8 Å². The van der Waals surface area contributed by atoms with Crippen LogP contribution in [-0.2, 0) is 6.54 Å². The van der Waals surface area contributed by atoms with Gasteiger partial charge >= 0.3 is 0 Å². The van der Waals surface area contributed by atoms with E-state index in [1.807, 2.05) is 30.3 Å². The van der Waals surface area contributed by atoms with E-state index in [1.165, 1.54) is 5.39 Å². The number of aliphatic imine (C=N–C) groups is 1. The number of fused-ring (bicyclic) bond motifs is 1. The van der Waals surface area contributed by atoms with E-state index in [-0.39, 0.29) is 0 Å². The van der Waals surface area contributed by atoms with E-state index in [0.29, 0.717) is 19.7 Å². The summed E-state index contributed by atoms with van der Waals surface area (Å²) in [6.07, 6.45) is 1.78. The van der Waals surface area contributed by atoms with Crippen LogP contribution in [0, 0.1) is 0 Å². The number of ether oxygens (including phenoxy) is 1. The smallest absolute Gasteiger partial charge is 0.191 e. The van der Waals surface area contributed by atoms with Gasteiger partial charge in [-0.2, -0.15) is 0 Å². The Kier molecular flexibility index (Phi) is 6.44. The van der Waals surface area contributed by atoms with Crippen LogP contribution in [0.25, 0.3) is 10.8 Å². The summed E-state index contributed by atoms with van der Waals surface area (Å²) in [5, 5.41) is 8.81. The molecule has 0 atom stereocenters. The second-order valence-corrected chi connectivity index (χ2v) is 6.59. The van der Waals surface area contributed by atoms with Crippen LogP contribution in [0.2, 0.25) is 0 Å². The average Bonchev–Trinajstić information content (AvgIpc) is 2.68. The minimum absolute atomic E-state index is 0.548. The molecule has 0 radical (unpaired) electrons. The fraction of sp³-hybridized carbons (Fsp3) is 0.200. The van der Waals surface area contributed by atoms with Gasteiger partial charge in [0.1, 0.15) is 12.4 Å². The van der Waals surface area contributed by atoms with Crippen molar-refractivity contribution in [3.63, 3.8) is 0 Å². The van der Waals surface area contributed by atoms with Gasteiger partial charge in [0.15, 0.2) is 5.96 Å².